The molecule has 0 amide bonds. The maximum absolute atomic E-state index is 13.0. The van der Waals surface area contributed by atoms with Crippen molar-refractivity contribution in [1.82, 2.24) is 4.90 Å². The number of ether oxygens (including phenoxy) is 2. The molecule has 3 aromatic rings. The van der Waals surface area contributed by atoms with E-state index in [-0.39, 0.29) is 5.78 Å². The second-order valence-electron chi connectivity index (χ2n) is 8.03. The minimum Gasteiger partial charge on any atom is -0.478 e. The first-order valence-electron chi connectivity index (χ1n) is 10.4. The lowest BCUT2D eigenvalue weighted by Crippen LogP contribution is -2.33. The Morgan fingerprint density at radius 2 is 1.94 bits per heavy atom. The summed E-state index contributed by atoms with van der Waals surface area (Å²) in [5.74, 6) is 1.60. The Hall–Kier alpha value is -2.79. The summed E-state index contributed by atoms with van der Waals surface area (Å²) < 4.78 is 12.1. The molecule has 0 saturated heterocycles. The van der Waals surface area contributed by atoms with Crippen molar-refractivity contribution < 1.29 is 14.3 Å². The van der Waals surface area contributed by atoms with E-state index in [1.54, 1.807) is 12.1 Å². The van der Waals surface area contributed by atoms with Crippen molar-refractivity contribution in [2.24, 2.45) is 0 Å². The first-order chi connectivity index (χ1) is 15.5. The molecule has 0 N–H and O–H groups in total. The summed E-state index contributed by atoms with van der Waals surface area (Å²) in [5.41, 5.74) is 4.57. The van der Waals surface area contributed by atoms with Crippen molar-refractivity contribution in [3.63, 3.8) is 0 Å². The fourth-order valence-corrected chi connectivity index (χ4v) is 4.54. The second-order valence-corrected chi connectivity index (χ2v) is 8.87. The van der Waals surface area contributed by atoms with Gasteiger partial charge in [-0.15, -0.1) is 0 Å². The number of carbonyl (C=O) groups is 1. The van der Waals surface area contributed by atoms with Crippen molar-refractivity contribution in [1.29, 1.82) is 0 Å². The third-order valence-electron chi connectivity index (χ3n) is 5.87. The van der Waals surface area contributed by atoms with Crippen LogP contribution in [0.1, 0.15) is 32.6 Å². The van der Waals surface area contributed by atoms with E-state index in [0.29, 0.717) is 40.4 Å². The predicted molar refractivity (Wildman–Crippen MR) is 127 cm³/mol. The quantitative estimate of drug-likeness (QED) is 0.423. The Balaban J connectivity index is 1.37. The summed E-state index contributed by atoms with van der Waals surface area (Å²) >= 11 is 12.3. The number of benzene rings is 3. The molecule has 2 heterocycles. The van der Waals surface area contributed by atoms with Crippen molar-refractivity contribution in [2.75, 3.05) is 13.3 Å². The van der Waals surface area contributed by atoms with Gasteiger partial charge in [0, 0.05) is 23.1 Å². The molecule has 3 aromatic carbocycles. The third-order valence-corrected chi connectivity index (χ3v) is 6.46. The molecule has 2 aliphatic rings. The number of allylic oxidation sites excluding steroid dienone is 1. The standard InChI is InChI=1S/C26H21Cl2NO3/c1-16-4-2-3-5-18(16)12-24-25(30)20-8-9-23-21(26(20)32-24)14-29(15-31-23)11-10-17-6-7-19(27)13-22(17)28/h2-9,12-13H,10-11,14-15H2,1H3/b24-12-. The number of nitrogens with zero attached hydrogens (tertiary/aromatic N) is 1. The Morgan fingerprint density at radius 3 is 2.75 bits per heavy atom. The van der Waals surface area contributed by atoms with Gasteiger partial charge in [0.05, 0.1) is 11.1 Å². The molecule has 2 aliphatic heterocycles. The zero-order chi connectivity index (χ0) is 22.2. The SMILES string of the molecule is Cc1ccccc1/C=C1\Oc2c(ccc3c2CN(CCc2ccc(Cl)cc2Cl)CO3)C1=O. The monoisotopic (exact) mass is 465 g/mol. The van der Waals surface area contributed by atoms with Gasteiger partial charge in [0.1, 0.15) is 18.2 Å². The van der Waals surface area contributed by atoms with Crippen LogP contribution < -0.4 is 9.47 Å². The van der Waals surface area contributed by atoms with Crippen LogP contribution in [0, 0.1) is 6.92 Å². The molecule has 5 rings (SSSR count). The summed E-state index contributed by atoms with van der Waals surface area (Å²) in [6.45, 7) is 3.87. The Kier molecular flexibility index (Phi) is 5.68. The molecule has 6 heteroatoms. The molecule has 0 saturated carbocycles. The first-order valence-corrected chi connectivity index (χ1v) is 11.2. The van der Waals surface area contributed by atoms with Gasteiger partial charge in [-0.05, 0) is 60.4 Å². The predicted octanol–water partition coefficient (Wildman–Crippen LogP) is 6.31. The van der Waals surface area contributed by atoms with Crippen LogP contribution in [0.3, 0.4) is 0 Å². The molecule has 0 aromatic heterocycles. The van der Waals surface area contributed by atoms with Crippen LogP contribution in [0.25, 0.3) is 6.08 Å². The topological polar surface area (TPSA) is 38.8 Å². The maximum Gasteiger partial charge on any atom is 0.231 e. The second kappa shape index (κ2) is 8.62. The molecule has 0 radical (unpaired) electrons. The lowest BCUT2D eigenvalue weighted by Gasteiger charge is -2.29. The normalized spacial score (nSPS) is 16.5. The molecular weight excluding hydrogens is 445 g/mol. The fraction of sp³-hybridized carbons (Fsp3) is 0.192. The van der Waals surface area contributed by atoms with E-state index in [4.69, 9.17) is 32.7 Å². The van der Waals surface area contributed by atoms with Gasteiger partial charge in [-0.25, -0.2) is 0 Å². The molecule has 162 valence electrons. The number of fused-ring (bicyclic) bond motifs is 3. The highest BCUT2D eigenvalue weighted by molar-refractivity contribution is 6.35. The average Bonchev–Trinajstić information content (AvgIpc) is 3.10. The van der Waals surface area contributed by atoms with Gasteiger partial charge < -0.3 is 9.47 Å². The van der Waals surface area contributed by atoms with Gasteiger partial charge in [-0.3, -0.25) is 9.69 Å². The van der Waals surface area contributed by atoms with Crippen molar-refractivity contribution in [3.8, 4) is 11.5 Å². The Bertz CT molecular complexity index is 1250. The van der Waals surface area contributed by atoms with E-state index in [0.717, 1.165) is 41.0 Å². The zero-order valence-electron chi connectivity index (χ0n) is 17.5. The summed E-state index contributed by atoms with van der Waals surface area (Å²) in [6.07, 6.45) is 2.58. The number of hydrogen-bond donors (Lipinski definition) is 0. The average molecular weight is 466 g/mol. The number of Topliss-reactive ketones (excluding diaryl/α,β-unsaturated/α-hetero) is 1. The first kappa shape index (κ1) is 21.1. The van der Waals surface area contributed by atoms with E-state index < -0.39 is 0 Å². The van der Waals surface area contributed by atoms with Gasteiger partial charge >= 0.3 is 0 Å². The summed E-state index contributed by atoms with van der Waals surface area (Å²) in [6, 6.07) is 17.1. The van der Waals surface area contributed by atoms with Gasteiger partial charge in [-0.2, -0.15) is 0 Å². The van der Waals surface area contributed by atoms with Crippen LogP contribution in [-0.4, -0.2) is 24.0 Å². The van der Waals surface area contributed by atoms with Crippen LogP contribution in [0.4, 0.5) is 0 Å². The molecule has 4 nitrogen and oxygen atoms in total. The Labute approximate surface area is 197 Å². The molecular formula is C26H21Cl2NO3. The van der Waals surface area contributed by atoms with E-state index in [1.165, 1.54) is 0 Å². The van der Waals surface area contributed by atoms with Crippen LogP contribution in [0.15, 0.2) is 60.4 Å². The van der Waals surface area contributed by atoms with Crippen LogP contribution in [0.2, 0.25) is 10.0 Å². The molecule has 0 bridgehead atoms. The fourth-order valence-electron chi connectivity index (χ4n) is 4.04. The lowest BCUT2D eigenvalue weighted by molar-refractivity contribution is 0.0950. The van der Waals surface area contributed by atoms with Crippen LogP contribution in [0.5, 0.6) is 11.5 Å². The minimum absolute atomic E-state index is 0.101. The number of hydrogen-bond acceptors (Lipinski definition) is 4. The molecule has 32 heavy (non-hydrogen) atoms. The van der Waals surface area contributed by atoms with E-state index in [1.807, 2.05) is 55.5 Å². The zero-order valence-corrected chi connectivity index (χ0v) is 19.0. The van der Waals surface area contributed by atoms with Crippen molar-refractivity contribution in [2.45, 2.75) is 19.9 Å². The molecule has 0 fully saturated rings. The highest BCUT2D eigenvalue weighted by Gasteiger charge is 2.33. The van der Waals surface area contributed by atoms with Gasteiger partial charge in [0.15, 0.2) is 5.76 Å². The highest BCUT2D eigenvalue weighted by Crippen LogP contribution is 2.42. The van der Waals surface area contributed by atoms with Gasteiger partial charge in [0.2, 0.25) is 5.78 Å². The minimum atomic E-state index is -0.101. The van der Waals surface area contributed by atoms with Gasteiger partial charge in [0.25, 0.3) is 0 Å². The molecule has 0 spiro atoms. The van der Waals surface area contributed by atoms with Gasteiger partial charge in [-0.1, -0.05) is 53.5 Å². The summed E-state index contributed by atoms with van der Waals surface area (Å²) in [7, 11) is 0. The van der Waals surface area contributed by atoms with Crippen molar-refractivity contribution in [3.05, 3.63) is 98.2 Å². The van der Waals surface area contributed by atoms with Crippen molar-refractivity contribution >= 4 is 35.1 Å². The lowest BCUT2D eigenvalue weighted by atomic mass is 10.0. The number of ketones is 1. The van der Waals surface area contributed by atoms with E-state index in [2.05, 4.69) is 4.90 Å². The third kappa shape index (κ3) is 4.02. The number of rotatable bonds is 4. The van der Waals surface area contributed by atoms with Crippen LogP contribution >= 0.6 is 23.2 Å². The van der Waals surface area contributed by atoms with Crippen LogP contribution in [-0.2, 0) is 13.0 Å². The molecule has 0 atom stereocenters. The number of aryl methyl sites for hydroxylation is 1. The van der Waals surface area contributed by atoms with E-state index >= 15 is 0 Å². The summed E-state index contributed by atoms with van der Waals surface area (Å²) in [4.78, 5) is 15.2. The maximum atomic E-state index is 13.0. The molecule has 0 aliphatic carbocycles. The number of halogens is 2. The largest absolute Gasteiger partial charge is 0.478 e. The Morgan fingerprint density at radius 1 is 1.09 bits per heavy atom. The summed E-state index contributed by atoms with van der Waals surface area (Å²) in [5, 5.41) is 1.29. The molecule has 0 unspecified atom stereocenters. The van der Waals surface area contributed by atoms with E-state index in [9.17, 15) is 4.79 Å². The number of carbonyl (C=O) groups excluding carboxylic acids is 1. The smallest absolute Gasteiger partial charge is 0.231 e. The highest BCUT2D eigenvalue weighted by atomic mass is 35.5.